The van der Waals surface area contributed by atoms with Crippen LogP contribution >= 0.6 is 0 Å². The molecule has 1 aliphatic rings. The van der Waals surface area contributed by atoms with E-state index < -0.39 is 6.09 Å². The van der Waals surface area contributed by atoms with Crippen LogP contribution < -0.4 is 21.1 Å². The number of nitrogens with one attached hydrogen (secondary N) is 3. The van der Waals surface area contributed by atoms with Crippen LogP contribution in [0.25, 0.3) is 22.0 Å². The zero-order valence-corrected chi connectivity index (χ0v) is 26.4. The summed E-state index contributed by atoms with van der Waals surface area (Å²) in [5, 5.41) is 19.5. The van der Waals surface area contributed by atoms with E-state index in [1.165, 1.54) is 0 Å². The van der Waals surface area contributed by atoms with Crippen molar-refractivity contribution in [1.29, 1.82) is 0 Å². The van der Waals surface area contributed by atoms with Gasteiger partial charge < -0.3 is 25.6 Å². The minimum atomic E-state index is -1.00. The second-order valence-electron chi connectivity index (χ2n) is 11.8. The third-order valence-electron chi connectivity index (χ3n) is 8.24. The highest BCUT2D eigenvalue weighted by atomic mass is 16.4. The van der Waals surface area contributed by atoms with Gasteiger partial charge in [-0.25, -0.2) is 9.78 Å². The molecule has 1 aliphatic heterocycles. The number of rotatable bonds is 11. The van der Waals surface area contributed by atoms with Gasteiger partial charge in [0.15, 0.2) is 0 Å². The summed E-state index contributed by atoms with van der Waals surface area (Å²) in [5.74, 6) is 0.605. The molecule has 1 fully saturated rings. The van der Waals surface area contributed by atoms with E-state index in [-0.39, 0.29) is 24.1 Å². The maximum Gasteiger partial charge on any atom is 0.404 e. The van der Waals surface area contributed by atoms with Crippen molar-refractivity contribution in [1.82, 2.24) is 35.3 Å². The number of fused-ring (bicyclic) bond motifs is 1. The number of aryl methyl sites for hydroxylation is 2. The highest BCUT2D eigenvalue weighted by Crippen LogP contribution is 2.30. The number of hydrogen-bond acceptors (Lipinski definition) is 7. The zero-order valence-electron chi connectivity index (χ0n) is 26.4. The quantitative estimate of drug-likeness (QED) is 0.199. The van der Waals surface area contributed by atoms with Gasteiger partial charge in [0, 0.05) is 80.3 Å². The van der Waals surface area contributed by atoms with E-state index in [0.29, 0.717) is 24.2 Å². The van der Waals surface area contributed by atoms with Gasteiger partial charge in [-0.2, -0.15) is 5.10 Å². The lowest BCUT2D eigenvalue weighted by atomic mass is 10.00. The molecule has 4 heterocycles. The van der Waals surface area contributed by atoms with Crippen molar-refractivity contribution in [2.45, 2.75) is 53.1 Å². The Labute approximate surface area is 262 Å². The Bertz CT molecular complexity index is 1720. The number of carboxylic acid groups (broad SMARTS) is 1. The van der Waals surface area contributed by atoms with Crippen LogP contribution in [0.15, 0.2) is 47.5 Å². The number of hydrogen-bond donors (Lipinski definition) is 4. The first-order valence-electron chi connectivity index (χ1n) is 15.6. The lowest BCUT2D eigenvalue weighted by Gasteiger charge is -2.35. The van der Waals surface area contributed by atoms with E-state index >= 15 is 0 Å². The molecule has 0 aliphatic carbocycles. The van der Waals surface area contributed by atoms with Crippen LogP contribution in [-0.2, 0) is 13.0 Å². The summed E-state index contributed by atoms with van der Waals surface area (Å²) in [6.45, 7) is 12.5. The predicted molar refractivity (Wildman–Crippen MR) is 175 cm³/mol. The first kappa shape index (κ1) is 31.7. The topological polar surface area (TPSA) is 148 Å². The number of H-pyrrole nitrogens is 1. The average Bonchev–Trinajstić information content (AvgIpc) is 3.45. The molecule has 4 N–H and O–H groups in total. The number of carbonyl (C=O) groups excluding carboxylic acids is 1. The van der Waals surface area contributed by atoms with Gasteiger partial charge in [0.2, 0.25) is 0 Å². The number of pyridine rings is 2. The van der Waals surface area contributed by atoms with E-state index in [1.54, 1.807) is 6.20 Å². The van der Waals surface area contributed by atoms with Crippen LogP contribution in [0.1, 0.15) is 60.4 Å². The molecule has 0 bridgehead atoms. The van der Waals surface area contributed by atoms with Crippen molar-refractivity contribution in [2.75, 3.05) is 44.2 Å². The van der Waals surface area contributed by atoms with E-state index in [4.69, 9.17) is 10.1 Å². The first-order chi connectivity index (χ1) is 21.6. The molecule has 238 valence electrons. The molecule has 4 aromatic rings. The number of carbonyl (C=O) groups is 2. The van der Waals surface area contributed by atoms with Crippen molar-refractivity contribution in [3.63, 3.8) is 0 Å². The maximum absolute atomic E-state index is 13.7. The van der Waals surface area contributed by atoms with Crippen LogP contribution in [-0.4, -0.2) is 81.0 Å². The molecule has 1 saturated heterocycles. The summed E-state index contributed by atoms with van der Waals surface area (Å²) in [7, 11) is 0. The molecule has 12 nitrogen and oxygen atoms in total. The Morgan fingerprint density at radius 2 is 1.82 bits per heavy atom. The van der Waals surface area contributed by atoms with E-state index in [9.17, 15) is 14.4 Å². The number of piperazine rings is 1. The molecule has 1 aromatic carbocycles. The number of benzene rings is 1. The predicted octanol–water partition coefficient (Wildman–Crippen LogP) is 3.95. The molecule has 0 unspecified atom stereocenters. The Morgan fingerprint density at radius 1 is 1.04 bits per heavy atom. The summed E-state index contributed by atoms with van der Waals surface area (Å²) in [6.07, 6.45) is 4.22. The van der Waals surface area contributed by atoms with Crippen molar-refractivity contribution in [3.8, 4) is 11.1 Å². The zero-order chi connectivity index (χ0) is 32.1. The lowest BCUT2D eigenvalue weighted by molar-refractivity contribution is 0.0952. The minimum absolute atomic E-state index is 0.0930. The molecular weight excluding hydrogens is 572 g/mol. The average molecular weight is 615 g/mol. The van der Waals surface area contributed by atoms with Crippen molar-refractivity contribution in [2.24, 2.45) is 0 Å². The summed E-state index contributed by atoms with van der Waals surface area (Å²) in [4.78, 5) is 49.3. The van der Waals surface area contributed by atoms with Crippen molar-refractivity contribution in [3.05, 3.63) is 75.5 Å². The standard InChI is InChI=1S/C33H42N8O4/c1-5-6-23-15-22(4)38-32(43)27(23)19-36-31(42)26-16-25(17-29-28(26)20-37-41(29)21(2)3)24-7-8-30(35-18-24)40-13-11-39(12-14-40)10-9-34-33(44)45/h7-8,15-18,20-21,34H,5-6,9-14,19H2,1-4H3,(H,36,42)(H,38,43)(H,44,45). The molecule has 0 radical (unpaired) electrons. The van der Waals surface area contributed by atoms with E-state index in [1.807, 2.05) is 48.1 Å². The van der Waals surface area contributed by atoms with Gasteiger partial charge in [-0.1, -0.05) is 13.3 Å². The molecule has 0 spiro atoms. The minimum Gasteiger partial charge on any atom is -0.465 e. The summed E-state index contributed by atoms with van der Waals surface area (Å²) >= 11 is 0. The van der Waals surface area contributed by atoms with Crippen LogP contribution in [0.3, 0.4) is 0 Å². The normalized spacial score (nSPS) is 13.8. The fourth-order valence-corrected chi connectivity index (χ4v) is 5.91. The van der Waals surface area contributed by atoms with E-state index in [0.717, 1.165) is 78.1 Å². The number of aromatic nitrogens is 4. The molecule has 5 rings (SSSR count). The number of anilines is 1. The Balaban J connectivity index is 1.37. The van der Waals surface area contributed by atoms with Gasteiger partial charge in [-0.3, -0.25) is 19.2 Å². The molecule has 2 amide bonds. The number of amides is 2. The van der Waals surface area contributed by atoms with Gasteiger partial charge in [-0.05, 0) is 68.7 Å². The highest BCUT2D eigenvalue weighted by molar-refractivity contribution is 6.08. The third kappa shape index (κ3) is 7.34. The SMILES string of the molecule is CCCc1cc(C)[nH]c(=O)c1CNC(=O)c1cc(-c2ccc(N3CCN(CCNC(=O)O)CC3)nc2)cc2c1cnn2C(C)C. The van der Waals surface area contributed by atoms with Crippen LogP contribution in [0.2, 0.25) is 0 Å². The number of nitrogens with zero attached hydrogens (tertiary/aromatic N) is 5. The fourth-order valence-electron chi connectivity index (χ4n) is 5.91. The fraction of sp³-hybridized carbons (Fsp3) is 0.424. The van der Waals surface area contributed by atoms with Gasteiger partial charge in [-0.15, -0.1) is 0 Å². The molecule has 0 atom stereocenters. The second-order valence-corrected chi connectivity index (χ2v) is 11.8. The van der Waals surface area contributed by atoms with Crippen molar-refractivity contribution >= 4 is 28.7 Å². The Morgan fingerprint density at radius 3 is 2.49 bits per heavy atom. The molecule has 0 saturated carbocycles. The summed E-state index contributed by atoms with van der Waals surface area (Å²) in [6, 6.07) is 10.0. The Kier molecular flexibility index (Phi) is 9.82. The number of aromatic amines is 1. The van der Waals surface area contributed by atoms with Gasteiger partial charge in [0.05, 0.1) is 17.3 Å². The monoisotopic (exact) mass is 614 g/mol. The summed E-state index contributed by atoms with van der Waals surface area (Å²) < 4.78 is 1.91. The van der Waals surface area contributed by atoms with Crippen LogP contribution in [0.4, 0.5) is 10.6 Å². The van der Waals surface area contributed by atoms with Gasteiger partial charge in [0.1, 0.15) is 5.82 Å². The lowest BCUT2D eigenvalue weighted by Crippen LogP contribution is -2.48. The molecule has 45 heavy (non-hydrogen) atoms. The smallest absolute Gasteiger partial charge is 0.404 e. The van der Waals surface area contributed by atoms with Gasteiger partial charge in [0.25, 0.3) is 11.5 Å². The molecule has 12 heteroatoms. The maximum atomic E-state index is 13.7. The first-order valence-corrected chi connectivity index (χ1v) is 15.6. The Hall–Kier alpha value is -4.71. The van der Waals surface area contributed by atoms with Gasteiger partial charge >= 0.3 is 6.09 Å². The summed E-state index contributed by atoms with van der Waals surface area (Å²) in [5.41, 5.74) is 5.24. The highest BCUT2D eigenvalue weighted by Gasteiger charge is 2.20. The van der Waals surface area contributed by atoms with E-state index in [2.05, 4.69) is 51.3 Å². The van der Waals surface area contributed by atoms with Crippen LogP contribution in [0.5, 0.6) is 0 Å². The third-order valence-corrected chi connectivity index (χ3v) is 8.24. The van der Waals surface area contributed by atoms with Crippen LogP contribution in [0, 0.1) is 6.92 Å². The molecule has 3 aromatic heterocycles. The largest absolute Gasteiger partial charge is 0.465 e. The molecular formula is C33H42N8O4. The second kappa shape index (κ2) is 13.9. The van der Waals surface area contributed by atoms with Crippen molar-refractivity contribution < 1.29 is 14.7 Å².